The summed E-state index contributed by atoms with van der Waals surface area (Å²) in [5.41, 5.74) is 5.15. The van der Waals surface area contributed by atoms with Crippen LogP contribution in [0, 0.1) is 19.8 Å². The number of nitrogens with zero attached hydrogens (tertiary/aromatic N) is 1. The van der Waals surface area contributed by atoms with E-state index in [-0.39, 0.29) is 29.6 Å². The molecule has 0 radical (unpaired) electrons. The third-order valence-corrected chi connectivity index (χ3v) is 5.18. The summed E-state index contributed by atoms with van der Waals surface area (Å²) in [7, 11) is 0. The summed E-state index contributed by atoms with van der Waals surface area (Å²) in [6.07, 6.45) is 0.248. The van der Waals surface area contributed by atoms with Crippen LogP contribution in [0.25, 0.3) is 0 Å². The van der Waals surface area contributed by atoms with Crippen molar-refractivity contribution in [2.75, 3.05) is 16.8 Å². The van der Waals surface area contributed by atoms with Crippen molar-refractivity contribution in [1.82, 2.24) is 0 Å². The zero-order chi connectivity index (χ0) is 19.8. The van der Waals surface area contributed by atoms with E-state index in [1.807, 2.05) is 44.2 Å². The standard InChI is InChI=1S/C23H28N2O2/c1-15-6-11-20(16(2)12-15)24-22(27)17-13-21(26)25(14-17)19-9-7-18(8-10-19)23(3,4)5/h6-12,17H,13-14H2,1-5H3,(H,24,27). The first-order valence-corrected chi connectivity index (χ1v) is 9.44. The Morgan fingerprint density at radius 2 is 1.74 bits per heavy atom. The SMILES string of the molecule is Cc1ccc(NC(=O)C2CC(=O)N(c3ccc(C(C)(C)C)cc3)C2)c(C)c1. The minimum Gasteiger partial charge on any atom is -0.326 e. The molecule has 1 fully saturated rings. The molecule has 3 rings (SSSR count). The summed E-state index contributed by atoms with van der Waals surface area (Å²) >= 11 is 0. The van der Waals surface area contributed by atoms with Gasteiger partial charge in [-0.1, -0.05) is 50.6 Å². The summed E-state index contributed by atoms with van der Waals surface area (Å²) < 4.78 is 0. The van der Waals surface area contributed by atoms with Gasteiger partial charge < -0.3 is 10.2 Å². The van der Waals surface area contributed by atoms with Crippen molar-refractivity contribution in [1.29, 1.82) is 0 Å². The van der Waals surface area contributed by atoms with Gasteiger partial charge in [0.25, 0.3) is 0 Å². The number of hydrogen-bond donors (Lipinski definition) is 1. The van der Waals surface area contributed by atoms with Gasteiger partial charge in [0.15, 0.2) is 0 Å². The van der Waals surface area contributed by atoms with Crippen molar-refractivity contribution >= 4 is 23.2 Å². The predicted molar refractivity (Wildman–Crippen MR) is 110 cm³/mol. The van der Waals surface area contributed by atoms with Crippen LogP contribution in [0.1, 0.15) is 43.9 Å². The number of rotatable bonds is 3. The van der Waals surface area contributed by atoms with Crippen molar-refractivity contribution in [3.63, 3.8) is 0 Å². The number of carbonyl (C=O) groups excluding carboxylic acids is 2. The number of carbonyl (C=O) groups is 2. The van der Waals surface area contributed by atoms with E-state index in [9.17, 15) is 9.59 Å². The lowest BCUT2D eigenvalue weighted by Crippen LogP contribution is -2.28. The molecule has 0 saturated carbocycles. The maximum Gasteiger partial charge on any atom is 0.229 e. The molecule has 1 unspecified atom stereocenters. The monoisotopic (exact) mass is 364 g/mol. The van der Waals surface area contributed by atoms with E-state index >= 15 is 0 Å². The molecule has 4 heteroatoms. The van der Waals surface area contributed by atoms with Crippen LogP contribution in [0.3, 0.4) is 0 Å². The number of hydrogen-bond acceptors (Lipinski definition) is 2. The lowest BCUT2D eigenvalue weighted by Gasteiger charge is -2.21. The molecule has 1 N–H and O–H groups in total. The van der Waals surface area contributed by atoms with Crippen molar-refractivity contribution in [2.45, 2.75) is 46.5 Å². The number of anilines is 2. The first kappa shape index (κ1) is 19.2. The van der Waals surface area contributed by atoms with Crippen molar-refractivity contribution in [3.05, 3.63) is 59.2 Å². The average molecular weight is 364 g/mol. The van der Waals surface area contributed by atoms with E-state index in [2.05, 4.69) is 38.2 Å². The molecule has 0 aromatic heterocycles. The summed E-state index contributed by atoms with van der Waals surface area (Å²) in [6, 6.07) is 14.0. The quantitative estimate of drug-likeness (QED) is 0.866. The van der Waals surface area contributed by atoms with Gasteiger partial charge in [-0.05, 0) is 48.6 Å². The van der Waals surface area contributed by atoms with Crippen LogP contribution in [-0.4, -0.2) is 18.4 Å². The molecule has 2 amide bonds. The molecule has 1 saturated heterocycles. The second kappa shape index (κ2) is 7.18. The van der Waals surface area contributed by atoms with Gasteiger partial charge in [-0.2, -0.15) is 0 Å². The second-order valence-corrected chi connectivity index (χ2v) is 8.51. The van der Waals surface area contributed by atoms with Gasteiger partial charge in [0.1, 0.15) is 0 Å². The molecule has 1 atom stereocenters. The van der Waals surface area contributed by atoms with Gasteiger partial charge in [0, 0.05) is 24.3 Å². The van der Waals surface area contributed by atoms with Crippen LogP contribution < -0.4 is 10.2 Å². The number of amides is 2. The zero-order valence-electron chi connectivity index (χ0n) is 16.8. The summed E-state index contributed by atoms with van der Waals surface area (Å²) in [5, 5.41) is 2.98. The van der Waals surface area contributed by atoms with E-state index in [0.29, 0.717) is 6.54 Å². The Bertz CT molecular complexity index is 863. The third-order valence-electron chi connectivity index (χ3n) is 5.18. The van der Waals surface area contributed by atoms with Gasteiger partial charge in [0.2, 0.25) is 11.8 Å². The fraction of sp³-hybridized carbons (Fsp3) is 0.391. The highest BCUT2D eigenvalue weighted by atomic mass is 16.2. The Morgan fingerprint density at radius 1 is 1.07 bits per heavy atom. The largest absolute Gasteiger partial charge is 0.326 e. The predicted octanol–water partition coefficient (Wildman–Crippen LogP) is 4.59. The molecule has 142 valence electrons. The van der Waals surface area contributed by atoms with Crippen molar-refractivity contribution in [2.24, 2.45) is 5.92 Å². The molecule has 2 aromatic carbocycles. The summed E-state index contributed by atoms with van der Waals surface area (Å²) in [5.74, 6) is -0.427. The van der Waals surface area contributed by atoms with Crippen LogP contribution in [0.2, 0.25) is 0 Å². The first-order valence-electron chi connectivity index (χ1n) is 9.44. The first-order chi connectivity index (χ1) is 12.6. The molecule has 0 bridgehead atoms. The van der Waals surface area contributed by atoms with E-state index in [4.69, 9.17) is 0 Å². The highest BCUT2D eigenvalue weighted by Gasteiger charge is 2.35. The molecule has 0 aliphatic carbocycles. The van der Waals surface area contributed by atoms with Crippen molar-refractivity contribution < 1.29 is 9.59 Å². The fourth-order valence-corrected chi connectivity index (χ4v) is 3.46. The van der Waals surface area contributed by atoms with E-state index in [0.717, 1.165) is 22.5 Å². The van der Waals surface area contributed by atoms with Crippen LogP contribution in [0.5, 0.6) is 0 Å². The fourth-order valence-electron chi connectivity index (χ4n) is 3.46. The Kier molecular flexibility index (Phi) is 5.09. The lowest BCUT2D eigenvalue weighted by atomic mass is 9.87. The molecule has 1 aliphatic heterocycles. The summed E-state index contributed by atoms with van der Waals surface area (Å²) in [4.78, 5) is 26.9. The normalized spacial score (nSPS) is 17.3. The van der Waals surface area contributed by atoms with Gasteiger partial charge in [0.05, 0.1) is 5.92 Å². The Labute approximate surface area is 161 Å². The number of benzene rings is 2. The molecule has 4 nitrogen and oxygen atoms in total. The third kappa shape index (κ3) is 4.21. The molecule has 1 heterocycles. The smallest absolute Gasteiger partial charge is 0.229 e. The van der Waals surface area contributed by atoms with Gasteiger partial charge in [-0.3, -0.25) is 9.59 Å². The molecule has 0 spiro atoms. The maximum absolute atomic E-state index is 12.7. The Hall–Kier alpha value is -2.62. The van der Waals surface area contributed by atoms with Crippen LogP contribution in [0.4, 0.5) is 11.4 Å². The van der Waals surface area contributed by atoms with Crippen LogP contribution in [0.15, 0.2) is 42.5 Å². The minimum absolute atomic E-state index is 0.000660. The zero-order valence-corrected chi connectivity index (χ0v) is 16.8. The highest BCUT2D eigenvalue weighted by Crippen LogP contribution is 2.29. The Balaban J connectivity index is 1.70. The molecule has 1 aliphatic rings. The van der Waals surface area contributed by atoms with Gasteiger partial charge in [-0.15, -0.1) is 0 Å². The van der Waals surface area contributed by atoms with Crippen molar-refractivity contribution in [3.8, 4) is 0 Å². The van der Waals surface area contributed by atoms with E-state index in [1.54, 1.807) is 4.90 Å². The van der Waals surface area contributed by atoms with E-state index < -0.39 is 0 Å². The minimum atomic E-state index is -0.333. The summed E-state index contributed by atoms with van der Waals surface area (Å²) in [6.45, 7) is 10.9. The molecular formula is C23H28N2O2. The van der Waals surface area contributed by atoms with Crippen LogP contribution in [-0.2, 0) is 15.0 Å². The maximum atomic E-state index is 12.7. The second-order valence-electron chi connectivity index (χ2n) is 8.51. The number of nitrogens with one attached hydrogen (secondary N) is 1. The van der Waals surface area contributed by atoms with Crippen LogP contribution >= 0.6 is 0 Å². The topological polar surface area (TPSA) is 49.4 Å². The average Bonchev–Trinajstić information content (AvgIpc) is 2.98. The molecule has 2 aromatic rings. The van der Waals surface area contributed by atoms with Gasteiger partial charge in [-0.25, -0.2) is 0 Å². The highest BCUT2D eigenvalue weighted by molar-refractivity contribution is 6.03. The lowest BCUT2D eigenvalue weighted by molar-refractivity contribution is -0.122. The number of aryl methyl sites for hydroxylation is 2. The van der Waals surface area contributed by atoms with Gasteiger partial charge >= 0.3 is 0 Å². The molecular weight excluding hydrogens is 336 g/mol. The van der Waals surface area contributed by atoms with E-state index in [1.165, 1.54) is 5.56 Å². The molecule has 27 heavy (non-hydrogen) atoms. The Morgan fingerprint density at radius 3 is 2.33 bits per heavy atom.